The number of amides is 1. The Hall–Kier alpha value is -3.16. The van der Waals surface area contributed by atoms with Gasteiger partial charge in [0.2, 0.25) is 0 Å². The van der Waals surface area contributed by atoms with Gasteiger partial charge in [-0.05, 0) is 58.6 Å². The Labute approximate surface area is 284 Å². The van der Waals surface area contributed by atoms with Crippen LogP contribution in [0.1, 0.15) is 47.5 Å². The summed E-state index contributed by atoms with van der Waals surface area (Å²) in [6, 6.07) is 5.06. The van der Waals surface area contributed by atoms with Crippen molar-refractivity contribution in [2.45, 2.75) is 108 Å². The Kier molecular flexibility index (Phi) is 11.7. The number of non-ortho nitro benzene ring substituents is 1. The van der Waals surface area contributed by atoms with Crippen LogP contribution in [0.2, 0.25) is 0 Å². The fourth-order valence-corrected chi connectivity index (χ4v) is 6.28. The summed E-state index contributed by atoms with van der Waals surface area (Å²) in [7, 11) is 3.06. The minimum absolute atomic E-state index is 0.109. The van der Waals surface area contributed by atoms with Crippen LogP contribution in [0.4, 0.5) is 15.3 Å². The summed E-state index contributed by atoms with van der Waals surface area (Å²) in [6.07, 6.45) is -2.71. The predicted octanol–water partition coefficient (Wildman–Crippen LogP) is 3.75. The SMILES string of the molecule is CO[C@@H]1O[C@H](COC(=O)N2CCC(C)CC2)[C@H]2OC(C)(C)O[C@@H]12.CO[C@@H]1O[C@H](COC(=O)Oc2ccc([N+](=O)[O-])cc2)[C@H]2OC(C)(C)O[C@@H]12. The summed E-state index contributed by atoms with van der Waals surface area (Å²) >= 11 is 0. The minimum atomic E-state index is -0.960. The normalized spacial score (nSPS) is 32.8. The molecule has 6 rings (SSSR count). The summed E-state index contributed by atoms with van der Waals surface area (Å²) in [5.74, 6) is -0.664. The van der Waals surface area contributed by atoms with E-state index in [1.54, 1.807) is 25.9 Å². The number of ether oxygens (including phenoxy) is 11. The number of benzene rings is 1. The fraction of sp³-hybridized carbons (Fsp3) is 0.750. The highest BCUT2D eigenvalue weighted by molar-refractivity contribution is 5.67. The minimum Gasteiger partial charge on any atom is -0.447 e. The molecule has 5 heterocycles. The van der Waals surface area contributed by atoms with Crippen LogP contribution in [-0.2, 0) is 47.4 Å². The van der Waals surface area contributed by atoms with Crippen LogP contribution in [0, 0.1) is 16.0 Å². The highest BCUT2D eigenvalue weighted by atomic mass is 16.8. The molecule has 0 aliphatic carbocycles. The monoisotopic (exact) mass is 698 g/mol. The van der Waals surface area contributed by atoms with Crippen LogP contribution in [0.25, 0.3) is 0 Å². The van der Waals surface area contributed by atoms with Gasteiger partial charge in [0.1, 0.15) is 55.6 Å². The highest BCUT2D eigenvalue weighted by Gasteiger charge is 2.57. The number of hydrogen-bond donors (Lipinski definition) is 0. The van der Waals surface area contributed by atoms with Gasteiger partial charge in [0.25, 0.3) is 5.69 Å². The van der Waals surface area contributed by atoms with Crippen molar-refractivity contribution in [3.8, 4) is 5.75 Å². The molecule has 1 amide bonds. The van der Waals surface area contributed by atoms with Gasteiger partial charge in [-0.25, -0.2) is 9.59 Å². The van der Waals surface area contributed by atoms with Crippen molar-refractivity contribution >= 4 is 17.9 Å². The van der Waals surface area contributed by atoms with Gasteiger partial charge in [0.15, 0.2) is 24.2 Å². The van der Waals surface area contributed by atoms with Crippen LogP contribution in [-0.4, -0.2) is 123 Å². The first-order valence-electron chi connectivity index (χ1n) is 16.3. The van der Waals surface area contributed by atoms with Crippen molar-refractivity contribution in [1.29, 1.82) is 0 Å². The van der Waals surface area contributed by atoms with Crippen molar-refractivity contribution in [2.75, 3.05) is 40.5 Å². The summed E-state index contributed by atoms with van der Waals surface area (Å²) in [4.78, 5) is 35.8. The number of carbonyl (C=O) groups excluding carboxylic acids is 2. The molecule has 0 bridgehead atoms. The van der Waals surface area contributed by atoms with Crippen molar-refractivity contribution in [1.82, 2.24) is 4.90 Å². The van der Waals surface area contributed by atoms with Crippen LogP contribution >= 0.6 is 0 Å². The standard InChI is InChI=1S/C16H19NO9.C16H27NO6/c1-16(2)25-12-11(24-14(21-3)13(12)26-16)8-22-15(18)23-10-6-4-9(5-7-10)17(19)20;1-10-5-7-17(8-6-10)15(18)20-9-11-12-13(14(19-4)21-11)23-16(2,3)22-12/h4-7,11-14H,8H2,1-3H3;10-14H,5-9H2,1-4H3/t2*11-,12-,13-,14-/m11/s1. The summed E-state index contributed by atoms with van der Waals surface area (Å²) < 4.78 is 60.6. The second-order valence-electron chi connectivity index (χ2n) is 13.3. The Balaban J connectivity index is 0.000000192. The van der Waals surface area contributed by atoms with E-state index in [4.69, 9.17) is 52.1 Å². The van der Waals surface area contributed by atoms with Gasteiger partial charge >= 0.3 is 12.2 Å². The van der Waals surface area contributed by atoms with Crippen LogP contribution in [0.5, 0.6) is 5.75 Å². The first-order valence-corrected chi connectivity index (χ1v) is 16.3. The molecule has 49 heavy (non-hydrogen) atoms. The lowest BCUT2D eigenvalue weighted by molar-refractivity contribution is -0.384. The van der Waals surface area contributed by atoms with Gasteiger partial charge in [-0.2, -0.15) is 0 Å². The average Bonchev–Trinajstić information content (AvgIpc) is 3.75. The lowest BCUT2D eigenvalue weighted by Gasteiger charge is -2.30. The summed E-state index contributed by atoms with van der Waals surface area (Å²) in [6.45, 7) is 11.0. The molecule has 0 unspecified atom stereocenters. The van der Waals surface area contributed by atoms with E-state index in [1.165, 1.54) is 31.4 Å². The Morgan fingerprint density at radius 3 is 1.76 bits per heavy atom. The lowest BCUT2D eigenvalue weighted by atomic mass is 10.00. The van der Waals surface area contributed by atoms with Gasteiger partial charge in [0, 0.05) is 39.4 Å². The molecule has 5 fully saturated rings. The van der Waals surface area contributed by atoms with E-state index in [1.807, 2.05) is 13.8 Å². The van der Waals surface area contributed by atoms with E-state index in [0.29, 0.717) is 5.92 Å². The van der Waals surface area contributed by atoms with Crippen molar-refractivity contribution < 1.29 is 66.6 Å². The number of nitrogens with zero attached hydrogens (tertiary/aromatic N) is 2. The number of nitro groups is 1. The number of rotatable bonds is 8. The zero-order chi connectivity index (χ0) is 35.5. The molecule has 0 saturated carbocycles. The number of methoxy groups -OCH3 is 2. The van der Waals surface area contributed by atoms with Crippen LogP contribution < -0.4 is 4.74 Å². The highest BCUT2D eigenvalue weighted by Crippen LogP contribution is 2.40. The Morgan fingerprint density at radius 2 is 1.29 bits per heavy atom. The molecule has 5 saturated heterocycles. The maximum absolute atomic E-state index is 12.2. The molecule has 1 aromatic carbocycles. The molecule has 1 aromatic rings. The van der Waals surface area contributed by atoms with E-state index in [0.717, 1.165) is 25.9 Å². The van der Waals surface area contributed by atoms with Gasteiger partial charge in [-0.3, -0.25) is 10.1 Å². The van der Waals surface area contributed by atoms with Crippen LogP contribution in [0.3, 0.4) is 0 Å². The summed E-state index contributed by atoms with van der Waals surface area (Å²) in [5.41, 5.74) is -0.109. The predicted molar refractivity (Wildman–Crippen MR) is 165 cm³/mol. The lowest BCUT2D eigenvalue weighted by Crippen LogP contribution is -2.40. The molecular weight excluding hydrogens is 652 g/mol. The molecule has 8 atom stereocenters. The van der Waals surface area contributed by atoms with Crippen molar-refractivity contribution in [2.24, 2.45) is 5.92 Å². The topological polar surface area (TPSA) is 182 Å². The molecule has 0 N–H and O–H groups in total. The van der Waals surface area contributed by atoms with Crippen molar-refractivity contribution in [3.05, 3.63) is 34.4 Å². The molecule has 0 radical (unpaired) electrons. The molecule has 0 aromatic heterocycles. The summed E-state index contributed by atoms with van der Waals surface area (Å²) in [5, 5.41) is 10.6. The average molecular weight is 699 g/mol. The Morgan fingerprint density at radius 1 is 0.816 bits per heavy atom. The molecule has 17 nitrogen and oxygen atoms in total. The number of likely N-dealkylation sites (tertiary alicyclic amines) is 1. The second-order valence-corrected chi connectivity index (χ2v) is 13.3. The van der Waals surface area contributed by atoms with E-state index < -0.39 is 53.5 Å². The van der Waals surface area contributed by atoms with Gasteiger partial charge < -0.3 is 57.0 Å². The molecule has 274 valence electrons. The first-order chi connectivity index (χ1) is 23.2. The maximum atomic E-state index is 12.2. The van der Waals surface area contributed by atoms with Gasteiger partial charge in [-0.15, -0.1) is 0 Å². The van der Waals surface area contributed by atoms with E-state index in [-0.39, 0.29) is 49.1 Å². The van der Waals surface area contributed by atoms with Crippen LogP contribution in [0.15, 0.2) is 24.3 Å². The van der Waals surface area contributed by atoms with E-state index >= 15 is 0 Å². The largest absolute Gasteiger partial charge is 0.513 e. The first kappa shape index (κ1) is 37.1. The maximum Gasteiger partial charge on any atom is 0.513 e. The zero-order valence-corrected chi connectivity index (χ0v) is 28.8. The molecule has 0 spiro atoms. The number of piperidine rings is 1. The third-order valence-corrected chi connectivity index (χ3v) is 8.71. The third-order valence-electron chi connectivity index (χ3n) is 8.71. The number of fused-ring (bicyclic) bond motifs is 2. The molecular formula is C32H46N2O15. The molecule has 5 aliphatic rings. The quantitative estimate of drug-likeness (QED) is 0.166. The third kappa shape index (κ3) is 9.15. The van der Waals surface area contributed by atoms with E-state index in [9.17, 15) is 19.7 Å². The van der Waals surface area contributed by atoms with Gasteiger partial charge in [-0.1, -0.05) is 6.92 Å². The fourth-order valence-electron chi connectivity index (χ4n) is 6.28. The molecule has 17 heteroatoms. The van der Waals surface area contributed by atoms with E-state index in [2.05, 4.69) is 6.92 Å². The number of hydrogen-bond acceptors (Lipinski definition) is 15. The number of carbonyl (C=O) groups is 2. The Bertz CT molecular complexity index is 1300. The smallest absolute Gasteiger partial charge is 0.447 e. The second kappa shape index (κ2) is 15.4. The number of nitro benzene ring substituents is 1. The van der Waals surface area contributed by atoms with Crippen molar-refractivity contribution in [3.63, 3.8) is 0 Å². The van der Waals surface area contributed by atoms with Gasteiger partial charge in [0.05, 0.1) is 4.92 Å². The zero-order valence-electron chi connectivity index (χ0n) is 28.8. The molecule has 5 aliphatic heterocycles.